The summed E-state index contributed by atoms with van der Waals surface area (Å²) in [6.45, 7) is 0.811. The lowest BCUT2D eigenvalue weighted by atomic mass is 9.83. The van der Waals surface area contributed by atoms with Crippen LogP contribution in [0.25, 0.3) is 6.08 Å². The van der Waals surface area contributed by atoms with Crippen molar-refractivity contribution in [1.82, 2.24) is 5.32 Å². The molecule has 0 heterocycles. The van der Waals surface area contributed by atoms with Gasteiger partial charge in [-0.25, -0.2) is 8.78 Å². The molecule has 1 aromatic carbocycles. The molecule has 3 heteroatoms. The van der Waals surface area contributed by atoms with Gasteiger partial charge in [-0.3, -0.25) is 0 Å². The Morgan fingerprint density at radius 2 is 1.86 bits per heavy atom. The van der Waals surface area contributed by atoms with E-state index in [9.17, 15) is 8.78 Å². The Balaban J connectivity index is 1.80. The van der Waals surface area contributed by atoms with Crippen molar-refractivity contribution in [3.63, 3.8) is 0 Å². The van der Waals surface area contributed by atoms with Gasteiger partial charge in [0, 0.05) is 18.2 Å². The molecule has 0 spiro atoms. The lowest BCUT2D eigenvalue weighted by Gasteiger charge is -2.25. The fourth-order valence-corrected chi connectivity index (χ4v) is 3.16. The van der Waals surface area contributed by atoms with Gasteiger partial charge < -0.3 is 5.32 Å². The molecule has 2 aliphatic carbocycles. The molecule has 3 rings (SSSR count). The first-order chi connectivity index (χ1) is 10.2. The van der Waals surface area contributed by atoms with Crippen LogP contribution in [0.5, 0.6) is 0 Å². The summed E-state index contributed by atoms with van der Waals surface area (Å²) in [5, 5.41) is 3.52. The van der Waals surface area contributed by atoms with Crippen LogP contribution >= 0.6 is 0 Å². The number of hydrogen-bond donors (Lipinski definition) is 1. The fraction of sp³-hybridized carbons (Fsp3) is 0.556. The first-order valence-electron chi connectivity index (χ1n) is 8.11. The summed E-state index contributed by atoms with van der Waals surface area (Å²) in [5.74, 6) is -0.190. The molecular weight excluding hydrogens is 268 g/mol. The Morgan fingerprint density at radius 3 is 2.57 bits per heavy atom. The van der Waals surface area contributed by atoms with Crippen LogP contribution in [0.15, 0.2) is 23.8 Å². The highest BCUT2D eigenvalue weighted by Gasteiger charge is 2.23. The van der Waals surface area contributed by atoms with E-state index in [-0.39, 0.29) is 11.6 Å². The van der Waals surface area contributed by atoms with Gasteiger partial charge in [0.15, 0.2) is 0 Å². The molecule has 1 N–H and O–H groups in total. The monoisotopic (exact) mass is 291 g/mol. The molecule has 114 valence electrons. The van der Waals surface area contributed by atoms with E-state index in [4.69, 9.17) is 0 Å². The second-order valence-corrected chi connectivity index (χ2v) is 6.38. The Labute approximate surface area is 125 Å². The van der Waals surface area contributed by atoms with Crippen molar-refractivity contribution in [3.8, 4) is 0 Å². The Morgan fingerprint density at radius 1 is 1.10 bits per heavy atom. The Kier molecular flexibility index (Phi) is 4.69. The third-order valence-corrected chi connectivity index (χ3v) is 4.60. The average Bonchev–Trinajstić information content (AvgIpc) is 3.32. The predicted octanol–water partition coefficient (Wildman–Crippen LogP) is 4.68. The number of nitrogens with one attached hydrogen (secondary N) is 1. The second kappa shape index (κ2) is 6.69. The number of rotatable bonds is 5. The first-order valence-corrected chi connectivity index (χ1v) is 8.11. The van der Waals surface area contributed by atoms with Crippen molar-refractivity contribution < 1.29 is 8.78 Å². The third-order valence-electron chi connectivity index (χ3n) is 4.60. The number of benzene rings is 1. The van der Waals surface area contributed by atoms with E-state index in [0.717, 1.165) is 6.54 Å². The summed E-state index contributed by atoms with van der Waals surface area (Å²) in [7, 11) is 0. The van der Waals surface area contributed by atoms with E-state index in [2.05, 4.69) is 5.32 Å². The Bertz CT molecular complexity index is 514. The molecule has 0 atom stereocenters. The van der Waals surface area contributed by atoms with Gasteiger partial charge in [0.2, 0.25) is 0 Å². The zero-order chi connectivity index (χ0) is 14.7. The van der Waals surface area contributed by atoms with Crippen LogP contribution in [0, 0.1) is 17.6 Å². The molecule has 1 nitrogen and oxygen atoms in total. The van der Waals surface area contributed by atoms with E-state index in [0.29, 0.717) is 17.5 Å². The van der Waals surface area contributed by atoms with Gasteiger partial charge >= 0.3 is 0 Å². The molecule has 2 saturated carbocycles. The minimum atomic E-state index is -0.374. The second-order valence-electron chi connectivity index (χ2n) is 6.38. The highest BCUT2D eigenvalue weighted by Crippen LogP contribution is 2.31. The molecular formula is C18H23F2N. The summed E-state index contributed by atoms with van der Waals surface area (Å²) in [5.41, 5.74) is 1.62. The summed E-state index contributed by atoms with van der Waals surface area (Å²) in [4.78, 5) is 0. The molecule has 21 heavy (non-hydrogen) atoms. The van der Waals surface area contributed by atoms with Crippen LogP contribution in [0.2, 0.25) is 0 Å². The highest BCUT2D eigenvalue weighted by molar-refractivity contribution is 5.54. The molecule has 0 aromatic heterocycles. The smallest absolute Gasteiger partial charge is 0.130 e. The lowest BCUT2D eigenvalue weighted by Crippen LogP contribution is -2.24. The molecule has 0 bridgehead atoms. The van der Waals surface area contributed by atoms with Crippen molar-refractivity contribution in [2.24, 2.45) is 5.92 Å². The van der Waals surface area contributed by atoms with Gasteiger partial charge in [0.05, 0.1) is 0 Å². The molecule has 2 fully saturated rings. The van der Waals surface area contributed by atoms with Crippen LogP contribution in [-0.2, 0) is 0 Å². The quantitative estimate of drug-likeness (QED) is 0.830. The predicted molar refractivity (Wildman–Crippen MR) is 81.9 cm³/mol. The van der Waals surface area contributed by atoms with Crippen LogP contribution in [0.1, 0.15) is 50.5 Å². The van der Waals surface area contributed by atoms with Gasteiger partial charge in [-0.15, -0.1) is 0 Å². The van der Waals surface area contributed by atoms with Crippen molar-refractivity contribution in [2.75, 3.05) is 6.54 Å². The fourth-order valence-electron chi connectivity index (χ4n) is 3.16. The maximum Gasteiger partial charge on any atom is 0.130 e. The molecule has 0 unspecified atom stereocenters. The van der Waals surface area contributed by atoms with Gasteiger partial charge in [0.1, 0.15) is 11.6 Å². The van der Waals surface area contributed by atoms with Crippen molar-refractivity contribution in [3.05, 3.63) is 41.0 Å². The molecule has 2 aliphatic rings. The van der Waals surface area contributed by atoms with E-state index < -0.39 is 0 Å². The molecule has 0 saturated heterocycles. The van der Waals surface area contributed by atoms with E-state index in [1.165, 1.54) is 68.7 Å². The largest absolute Gasteiger partial charge is 0.310 e. The van der Waals surface area contributed by atoms with Crippen molar-refractivity contribution >= 4 is 6.08 Å². The van der Waals surface area contributed by atoms with Crippen LogP contribution < -0.4 is 5.32 Å². The maximum atomic E-state index is 13.9. The van der Waals surface area contributed by atoms with Crippen LogP contribution in [0.3, 0.4) is 0 Å². The van der Waals surface area contributed by atoms with Gasteiger partial charge in [0.25, 0.3) is 0 Å². The molecule has 1 aromatic rings. The minimum absolute atomic E-state index is 0.337. The minimum Gasteiger partial charge on any atom is -0.310 e. The van der Waals surface area contributed by atoms with Crippen LogP contribution in [-0.4, -0.2) is 12.6 Å². The van der Waals surface area contributed by atoms with E-state index in [1.54, 1.807) is 0 Å². The first kappa shape index (κ1) is 14.7. The lowest BCUT2D eigenvalue weighted by molar-refractivity contribution is 0.396. The van der Waals surface area contributed by atoms with E-state index >= 15 is 0 Å². The zero-order valence-corrected chi connectivity index (χ0v) is 12.4. The van der Waals surface area contributed by atoms with Crippen molar-refractivity contribution in [1.29, 1.82) is 0 Å². The molecule has 0 radical (unpaired) electrons. The Hall–Kier alpha value is -1.22. The average molecular weight is 291 g/mol. The SMILES string of the molecule is Fc1ccc(F)c(/C=C(/CNC2CC2)C2CCCCC2)c1. The highest BCUT2D eigenvalue weighted by atomic mass is 19.1. The maximum absolute atomic E-state index is 13.9. The number of halogens is 2. The number of hydrogen-bond acceptors (Lipinski definition) is 1. The topological polar surface area (TPSA) is 12.0 Å². The van der Waals surface area contributed by atoms with Gasteiger partial charge in [-0.1, -0.05) is 30.9 Å². The van der Waals surface area contributed by atoms with Crippen molar-refractivity contribution in [2.45, 2.75) is 51.0 Å². The standard InChI is InChI=1S/C18H23F2N/c19-16-6-9-18(20)14(11-16)10-15(12-21-17-7-8-17)13-4-2-1-3-5-13/h6,9-11,13,17,21H,1-5,7-8,12H2/b15-10-. The van der Waals surface area contributed by atoms with Gasteiger partial charge in [-0.05, 0) is 49.8 Å². The molecule has 0 amide bonds. The summed E-state index contributed by atoms with van der Waals surface area (Å²) in [6.07, 6.45) is 10.5. The van der Waals surface area contributed by atoms with E-state index in [1.807, 2.05) is 6.08 Å². The summed E-state index contributed by atoms with van der Waals surface area (Å²) >= 11 is 0. The normalized spacial score (nSPS) is 20.8. The molecule has 0 aliphatic heterocycles. The zero-order valence-electron chi connectivity index (χ0n) is 12.4. The summed E-state index contributed by atoms with van der Waals surface area (Å²) < 4.78 is 27.2. The van der Waals surface area contributed by atoms with Gasteiger partial charge in [-0.2, -0.15) is 0 Å². The summed E-state index contributed by atoms with van der Waals surface area (Å²) in [6, 6.07) is 4.33. The third kappa shape index (κ3) is 4.13. The van der Waals surface area contributed by atoms with Crippen LogP contribution in [0.4, 0.5) is 8.78 Å².